The maximum Gasteiger partial charge on any atom is 0.255 e. The van der Waals surface area contributed by atoms with E-state index in [0.29, 0.717) is 12.4 Å². The Hall–Kier alpha value is -0.940. The average Bonchev–Trinajstić information content (AvgIpc) is 2.86. The van der Waals surface area contributed by atoms with E-state index in [9.17, 15) is 0 Å². The molecule has 0 aromatic carbocycles. The van der Waals surface area contributed by atoms with Gasteiger partial charge in [-0.2, -0.15) is 4.98 Å². The highest BCUT2D eigenvalue weighted by Gasteiger charge is 2.30. The third-order valence-electron chi connectivity index (χ3n) is 2.62. The third-order valence-corrected chi connectivity index (χ3v) is 2.62. The lowest BCUT2D eigenvalue weighted by Crippen LogP contribution is -2.18. The van der Waals surface area contributed by atoms with Gasteiger partial charge in [-0.25, -0.2) is 0 Å². The molecule has 2 N–H and O–H groups in total. The van der Waals surface area contributed by atoms with Crippen LogP contribution in [0.15, 0.2) is 4.52 Å². The monoisotopic (exact) mass is 211 g/mol. The predicted molar refractivity (Wildman–Crippen MR) is 54.3 cm³/mol. The molecule has 1 aromatic heterocycles. The number of ether oxygens (including phenoxy) is 1. The van der Waals surface area contributed by atoms with Crippen LogP contribution in [0.3, 0.4) is 0 Å². The van der Waals surface area contributed by atoms with Crippen molar-refractivity contribution < 1.29 is 9.26 Å². The summed E-state index contributed by atoms with van der Waals surface area (Å²) >= 11 is 0. The zero-order valence-corrected chi connectivity index (χ0v) is 9.14. The summed E-state index contributed by atoms with van der Waals surface area (Å²) in [6, 6.07) is 0. The quantitative estimate of drug-likeness (QED) is 0.817. The lowest BCUT2D eigenvalue weighted by molar-refractivity contribution is 0.0307. The SMILES string of the molecule is CC(C)c1noc(C2CCC(CN)O2)n1. The van der Waals surface area contributed by atoms with Gasteiger partial charge in [0.1, 0.15) is 6.10 Å². The standard InChI is InChI=1S/C10H17N3O2/c1-6(2)9-12-10(15-13-9)8-4-3-7(5-11)14-8/h6-8H,3-5,11H2,1-2H3. The van der Waals surface area contributed by atoms with Crippen molar-refractivity contribution >= 4 is 0 Å². The highest BCUT2D eigenvalue weighted by atomic mass is 16.5. The van der Waals surface area contributed by atoms with Gasteiger partial charge in [-0.05, 0) is 12.8 Å². The molecular formula is C10H17N3O2. The minimum atomic E-state index is -0.0569. The van der Waals surface area contributed by atoms with Crippen LogP contribution in [0.25, 0.3) is 0 Å². The molecule has 15 heavy (non-hydrogen) atoms. The van der Waals surface area contributed by atoms with Crippen LogP contribution in [0, 0.1) is 0 Å². The second-order valence-electron chi connectivity index (χ2n) is 4.21. The summed E-state index contributed by atoms with van der Waals surface area (Å²) < 4.78 is 10.8. The van der Waals surface area contributed by atoms with Gasteiger partial charge in [-0.15, -0.1) is 0 Å². The molecule has 1 saturated heterocycles. The first-order chi connectivity index (χ1) is 7.20. The second kappa shape index (κ2) is 4.28. The molecular weight excluding hydrogens is 194 g/mol. The minimum Gasteiger partial charge on any atom is -0.364 e. The van der Waals surface area contributed by atoms with E-state index < -0.39 is 0 Å². The first kappa shape index (κ1) is 10.6. The van der Waals surface area contributed by atoms with Crippen molar-refractivity contribution in [2.75, 3.05) is 6.54 Å². The summed E-state index contributed by atoms with van der Waals surface area (Å²) in [6.07, 6.45) is 1.98. The molecule has 2 rings (SSSR count). The van der Waals surface area contributed by atoms with Crippen molar-refractivity contribution in [1.29, 1.82) is 0 Å². The Balaban J connectivity index is 2.04. The van der Waals surface area contributed by atoms with Gasteiger partial charge in [0.2, 0.25) is 0 Å². The molecule has 1 aliphatic heterocycles. The molecule has 1 fully saturated rings. The van der Waals surface area contributed by atoms with E-state index in [1.54, 1.807) is 0 Å². The molecule has 0 aliphatic carbocycles. The Morgan fingerprint density at radius 1 is 1.47 bits per heavy atom. The fourth-order valence-electron chi connectivity index (χ4n) is 1.67. The van der Waals surface area contributed by atoms with E-state index in [1.165, 1.54) is 0 Å². The van der Waals surface area contributed by atoms with Crippen molar-refractivity contribution in [1.82, 2.24) is 10.1 Å². The fraction of sp³-hybridized carbons (Fsp3) is 0.800. The van der Waals surface area contributed by atoms with Crippen LogP contribution in [0.2, 0.25) is 0 Å². The van der Waals surface area contributed by atoms with Crippen LogP contribution < -0.4 is 5.73 Å². The van der Waals surface area contributed by atoms with Crippen molar-refractivity contribution in [2.24, 2.45) is 5.73 Å². The Morgan fingerprint density at radius 3 is 2.80 bits per heavy atom. The largest absolute Gasteiger partial charge is 0.364 e. The summed E-state index contributed by atoms with van der Waals surface area (Å²) in [6.45, 7) is 4.63. The lowest BCUT2D eigenvalue weighted by Gasteiger charge is -2.07. The zero-order chi connectivity index (χ0) is 10.8. The summed E-state index contributed by atoms with van der Waals surface area (Å²) in [7, 11) is 0. The molecule has 1 aromatic rings. The van der Waals surface area contributed by atoms with Crippen molar-refractivity contribution in [3.05, 3.63) is 11.7 Å². The molecule has 0 saturated carbocycles. The summed E-state index contributed by atoms with van der Waals surface area (Å²) in [4.78, 5) is 4.32. The van der Waals surface area contributed by atoms with E-state index in [2.05, 4.69) is 10.1 Å². The van der Waals surface area contributed by atoms with Crippen molar-refractivity contribution in [3.63, 3.8) is 0 Å². The van der Waals surface area contributed by atoms with E-state index >= 15 is 0 Å². The zero-order valence-electron chi connectivity index (χ0n) is 9.14. The number of hydrogen-bond donors (Lipinski definition) is 1. The van der Waals surface area contributed by atoms with Gasteiger partial charge in [0, 0.05) is 12.5 Å². The Kier molecular flexibility index (Phi) is 3.02. The van der Waals surface area contributed by atoms with Gasteiger partial charge in [0.25, 0.3) is 5.89 Å². The van der Waals surface area contributed by atoms with Crippen LogP contribution in [-0.2, 0) is 4.74 Å². The Bertz CT molecular complexity index is 324. The van der Waals surface area contributed by atoms with Crippen LogP contribution in [0.1, 0.15) is 50.4 Å². The molecule has 5 heteroatoms. The Labute approximate surface area is 89.0 Å². The van der Waals surface area contributed by atoms with E-state index in [1.807, 2.05) is 13.8 Å². The van der Waals surface area contributed by atoms with Crippen LogP contribution in [0.4, 0.5) is 0 Å². The number of rotatable bonds is 3. The molecule has 5 nitrogen and oxygen atoms in total. The first-order valence-electron chi connectivity index (χ1n) is 5.39. The molecule has 84 valence electrons. The Morgan fingerprint density at radius 2 is 2.27 bits per heavy atom. The highest BCUT2D eigenvalue weighted by molar-refractivity contribution is 4.96. The number of hydrogen-bond acceptors (Lipinski definition) is 5. The van der Waals surface area contributed by atoms with Gasteiger partial charge < -0.3 is 15.0 Å². The number of aromatic nitrogens is 2. The smallest absolute Gasteiger partial charge is 0.255 e. The van der Waals surface area contributed by atoms with E-state index in [0.717, 1.165) is 18.7 Å². The van der Waals surface area contributed by atoms with Crippen LogP contribution in [0.5, 0.6) is 0 Å². The summed E-state index contributed by atoms with van der Waals surface area (Å²) in [5.41, 5.74) is 5.54. The normalized spacial score (nSPS) is 26.4. The molecule has 0 bridgehead atoms. The maximum atomic E-state index is 5.67. The molecule has 1 aliphatic rings. The van der Waals surface area contributed by atoms with Crippen LogP contribution >= 0.6 is 0 Å². The van der Waals surface area contributed by atoms with Crippen LogP contribution in [-0.4, -0.2) is 22.8 Å². The lowest BCUT2D eigenvalue weighted by atomic mass is 10.2. The second-order valence-corrected chi connectivity index (χ2v) is 4.21. The number of nitrogens with two attached hydrogens (primary N) is 1. The third kappa shape index (κ3) is 2.18. The first-order valence-corrected chi connectivity index (χ1v) is 5.39. The minimum absolute atomic E-state index is 0.0569. The molecule has 0 radical (unpaired) electrons. The number of nitrogens with zero attached hydrogens (tertiary/aromatic N) is 2. The topological polar surface area (TPSA) is 74.2 Å². The van der Waals surface area contributed by atoms with E-state index in [4.69, 9.17) is 15.0 Å². The summed E-state index contributed by atoms with van der Waals surface area (Å²) in [5, 5.41) is 3.91. The van der Waals surface area contributed by atoms with Gasteiger partial charge in [0.05, 0.1) is 6.10 Å². The van der Waals surface area contributed by atoms with Gasteiger partial charge in [0.15, 0.2) is 5.82 Å². The molecule has 2 atom stereocenters. The maximum absolute atomic E-state index is 5.67. The van der Waals surface area contributed by atoms with E-state index in [-0.39, 0.29) is 18.1 Å². The van der Waals surface area contributed by atoms with Crippen molar-refractivity contribution in [3.8, 4) is 0 Å². The molecule has 0 amide bonds. The molecule has 2 unspecified atom stereocenters. The molecule has 2 heterocycles. The predicted octanol–water partition coefficient (Wildman–Crippen LogP) is 1.37. The molecule has 0 spiro atoms. The van der Waals surface area contributed by atoms with Gasteiger partial charge >= 0.3 is 0 Å². The van der Waals surface area contributed by atoms with Gasteiger partial charge in [-0.1, -0.05) is 19.0 Å². The highest BCUT2D eigenvalue weighted by Crippen LogP contribution is 2.31. The van der Waals surface area contributed by atoms with Gasteiger partial charge in [-0.3, -0.25) is 0 Å². The van der Waals surface area contributed by atoms with Crippen molar-refractivity contribution in [2.45, 2.75) is 44.8 Å². The fourth-order valence-corrected chi connectivity index (χ4v) is 1.67. The summed E-state index contributed by atoms with van der Waals surface area (Å²) in [5.74, 6) is 1.62. The average molecular weight is 211 g/mol.